The van der Waals surface area contributed by atoms with Crippen molar-refractivity contribution in [2.45, 2.75) is 96.8 Å². The van der Waals surface area contributed by atoms with Gasteiger partial charge in [-0.2, -0.15) is 0 Å². The second-order valence-electron chi connectivity index (χ2n) is 15.8. The molecule has 0 aromatic heterocycles. The summed E-state index contributed by atoms with van der Waals surface area (Å²) in [7, 11) is 1.41. The normalized spacial score (nSPS) is 27.4. The topological polar surface area (TPSA) is 245 Å². The number of ether oxygens (including phenoxy) is 5. The first-order chi connectivity index (χ1) is 30.8. The van der Waals surface area contributed by atoms with Crippen molar-refractivity contribution in [3.63, 3.8) is 0 Å². The summed E-state index contributed by atoms with van der Waals surface area (Å²) in [6.07, 6.45) is 6.08. The quantitative estimate of drug-likeness (QED) is 0.131. The lowest BCUT2D eigenvalue weighted by atomic mass is 9.97. The van der Waals surface area contributed by atoms with Gasteiger partial charge in [0.1, 0.15) is 53.6 Å². The van der Waals surface area contributed by atoms with Gasteiger partial charge in [0.2, 0.25) is 0 Å². The van der Waals surface area contributed by atoms with Crippen LogP contribution in [-0.2, 0) is 33.3 Å². The molecule has 346 valence electrons. The van der Waals surface area contributed by atoms with E-state index < -0.39 is 72.1 Å². The summed E-state index contributed by atoms with van der Waals surface area (Å²) in [5.74, 6) is 6.27. The zero-order valence-electron chi connectivity index (χ0n) is 37.2. The fourth-order valence-electron chi connectivity index (χ4n) is 6.53. The molecule has 0 spiro atoms. The van der Waals surface area contributed by atoms with E-state index in [1.165, 1.54) is 49.6 Å². The number of carbonyl (C=O) groups excluding carboxylic acids is 5. The van der Waals surface area contributed by atoms with Crippen LogP contribution < -0.4 is 5.32 Å². The number of cyclic esters (lactones) is 2. The molecule has 3 aliphatic rings. The molecule has 16 heteroatoms. The van der Waals surface area contributed by atoms with E-state index >= 15 is 0 Å². The number of nitrogens with one attached hydrogen (secondary N) is 1. The minimum absolute atomic E-state index is 0.0115. The van der Waals surface area contributed by atoms with Crippen molar-refractivity contribution in [3.8, 4) is 35.2 Å². The van der Waals surface area contributed by atoms with Gasteiger partial charge in [-0.25, -0.2) is 14.4 Å². The Morgan fingerprint density at radius 2 is 1.26 bits per heavy atom. The van der Waals surface area contributed by atoms with Crippen molar-refractivity contribution < 1.29 is 73.2 Å². The van der Waals surface area contributed by atoms with Crippen LogP contribution in [0.5, 0.6) is 11.5 Å². The molecule has 0 aliphatic carbocycles. The minimum Gasteiger partial charge on any atom is -0.507 e. The highest BCUT2D eigenvalue weighted by Crippen LogP contribution is 2.33. The molecule has 16 nitrogen and oxygen atoms in total. The van der Waals surface area contributed by atoms with Gasteiger partial charge in [0.05, 0.1) is 12.2 Å². The molecule has 0 radical (unpaired) electrons. The van der Waals surface area contributed by atoms with E-state index in [4.69, 9.17) is 28.8 Å². The Bertz CT molecular complexity index is 2350. The number of fused-ring (bicyclic) bond motifs is 3. The number of aliphatic hydroxyl groups excluding tert-OH is 3. The van der Waals surface area contributed by atoms with E-state index in [9.17, 15) is 44.4 Å². The lowest BCUT2D eigenvalue weighted by molar-refractivity contribution is -0.152. The molecule has 1 amide bonds. The zero-order chi connectivity index (χ0) is 48.0. The van der Waals surface area contributed by atoms with Gasteiger partial charge in [-0.1, -0.05) is 74.0 Å². The van der Waals surface area contributed by atoms with Gasteiger partial charge in [-0.05, 0) is 77.0 Å². The molecule has 3 heterocycles. The number of esters is 2. The lowest BCUT2D eigenvalue weighted by Crippen LogP contribution is -2.32. The predicted octanol–water partition coefficient (Wildman–Crippen LogP) is 4.52. The van der Waals surface area contributed by atoms with Crippen LogP contribution in [0.2, 0.25) is 0 Å². The largest absolute Gasteiger partial charge is 0.507 e. The van der Waals surface area contributed by atoms with Gasteiger partial charge in [0.15, 0.2) is 24.0 Å². The van der Waals surface area contributed by atoms with Crippen LogP contribution in [0.15, 0.2) is 60.7 Å². The third-order valence-electron chi connectivity index (χ3n) is 10.5. The van der Waals surface area contributed by atoms with Crippen molar-refractivity contribution in [1.29, 1.82) is 0 Å². The molecule has 65 heavy (non-hydrogen) atoms. The molecule has 1 saturated heterocycles. The third kappa shape index (κ3) is 14.0. The smallest absolute Gasteiger partial charge is 0.407 e. The van der Waals surface area contributed by atoms with Gasteiger partial charge in [-0.15, -0.1) is 0 Å². The first kappa shape index (κ1) is 51.1. The molecular formula is C49H55NO15. The van der Waals surface area contributed by atoms with Gasteiger partial charge >= 0.3 is 18.0 Å². The Balaban J connectivity index is 0.000000285. The van der Waals surface area contributed by atoms with Crippen molar-refractivity contribution >= 4 is 41.8 Å². The molecule has 2 aromatic carbocycles. The Kier molecular flexibility index (Phi) is 18.4. The number of hydrogen-bond acceptors (Lipinski definition) is 15. The highest BCUT2D eigenvalue weighted by Gasteiger charge is 2.43. The number of amides is 1. The Labute approximate surface area is 377 Å². The molecule has 1 fully saturated rings. The number of phenols is 2. The number of hydrogen-bond donors (Lipinski definition) is 6. The second-order valence-corrected chi connectivity index (χ2v) is 15.8. The summed E-state index contributed by atoms with van der Waals surface area (Å²) in [4.78, 5) is 61.9. The van der Waals surface area contributed by atoms with Gasteiger partial charge < -0.3 is 54.5 Å². The summed E-state index contributed by atoms with van der Waals surface area (Å²) in [5, 5.41) is 52.5. The van der Waals surface area contributed by atoms with E-state index in [2.05, 4.69) is 29.0 Å². The summed E-state index contributed by atoms with van der Waals surface area (Å²) in [5.41, 5.74) is 1.22. The maximum Gasteiger partial charge on any atom is 0.407 e. The number of ketones is 2. The molecule has 0 saturated carbocycles. The van der Waals surface area contributed by atoms with Crippen LogP contribution in [0.25, 0.3) is 12.2 Å². The van der Waals surface area contributed by atoms with E-state index in [0.29, 0.717) is 23.1 Å². The molecular weight excluding hydrogens is 843 g/mol. The SMILES string of the molecule is CNC(=O)OCC#Cc1ccc(O)c2c1/C=C/C[C@H](O)[C@H](O)C(=O)/C=C\[C@@H](C)[C@H](C)OC2=O.C[C@@H]1/C=C\C(=O)[C@H]2OC(C)(C)O[C@H]2C/C=C/c2c(C#CCO)ccc(O)c2C(=O)O[C@H]1C. The number of carbonyl (C=O) groups is 5. The summed E-state index contributed by atoms with van der Waals surface area (Å²) < 4.78 is 27.7. The van der Waals surface area contributed by atoms with Crippen molar-refractivity contribution in [2.24, 2.45) is 11.8 Å². The van der Waals surface area contributed by atoms with Crippen LogP contribution in [0.3, 0.4) is 0 Å². The maximum absolute atomic E-state index is 13.0. The molecule has 0 unspecified atom stereocenters. The molecule has 8 atom stereocenters. The molecule has 5 rings (SSSR count). The molecule has 6 N–H and O–H groups in total. The van der Waals surface area contributed by atoms with E-state index in [1.807, 2.05) is 6.92 Å². The van der Waals surface area contributed by atoms with Crippen molar-refractivity contribution in [3.05, 3.63) is 94.1 Å². The van der Waals surface area contributed by atoms with Crippen molar-refractivity contribution in [1.82, 2.24) is 5.32 Å². The number of phenolic OH excluding ortho intramolecular Hbond substituents is 2. The third-order valence-corrected chi connectivity index (χ3v) is 10.5. The lowest BCUT2D eigenvalue weighted by Gasteiger charge is -2.20. The summed E-state index contributed by atoms with van der Waals surface area (Å²) in [6.45, 7) is 9.82. The first-order valence-corrected chi connectivity index (χ1v) is 20.8. The summed E-state index contributed by atoms with van der Waals surface area (Å²) >= 11 is 0. The monoisotopic (exact) mass is 897 g/mol. The predicted molar refractivity (Wildman–Crippen MR) is 237 cm³/mol. The second kappa shape index (κ2) is 23.4. The first-order valence-electron chi connectivity index (χ1n) is 20.8. The summed E-state index contributed by atoms with van der Waals surface area (Å²) in [6, 6.07) is 5.71. The van der Waals surface area contributed by atoms with E-state index in [0.717, 1.165) is 6.08 Å². The zero-order valence-corrected chi connectivity index (χ0v) is 37.2. The fraction of sp³-hybridized carbons (Fsp3) is 0.408. The highest BCUT2D eigenvalue weighted by molar-refractivity contribution is 5.99. The number of aliphatic hydroxyl groups is 3. The number of aromatic hydroxyl groups is 2. The molecule has 3 aliphatic heterocycles. The standard InChI is InChI=1S/C25H28O7.C24H27NO8/c1-15-10-12-20(28)23-21(31-25(3,4)32-23)9-5-8-18-17(7-6-14-26)11-13-19(27)22(18)24(29)30-16(15)2;1-14-9-11-20(28)22(29)19(27)8-4-7-17-16(6-5-13-32-24(31)25-3)10-12-18(26)21(17)23(30)33-15(14)2/h5,8,10-13,15-16,21,23,26-27H,9,14H2,1-4H3;4,7,9-12,14-15,19,22,26-27,29H,8,13H2,1-3H3,(H,25,31)/b8-5+,12-10-;7-4+,11-9-/t15-,16+,21+,23-;14-,15+,19+,22+/m11/s1. The van der Waals surface area contributed by atoms with Crippen LogP contribution in [0.1, 0.15) is 97.4 Å². The minimum atomic E-state index is -1.62. The van der Waals surface area contributed by atoms with Crippen LogP contribution in [0.4, 0.5) is 4.79 Å². The molecule has 0 bridgehead atoms. The average Bonchev–Trinajstić information content (AvgIpc) is 3.58. The van der Waals surface area contributed by atoms with Crippen LogP contribution in [-0.4, -0.2) is 118 Å². The number of alkyl carbamates (subject to hydrolysis) is 1. The number of benzene rings is 2. The number of rotatable bonds is 1. The Hall–Kier alpha value is -6.53. The molecule has 2 aromatic rings. The van der Waals surface area contributed by atoms with E-state index in [-0.39, 0.29) is 59.5 Å². The fourth-order valence-corrected chi connectivity index (χ4v) is 6.53. The Morgan fingerprint density at radius 1 is 0.754 bits per heavy atom. The van der Waals surface area contributed by atoms with Gasteiger partial charge in [0.25, 0.3) is 0 Å². The van der Waals surface area contributed by atoms with E-state index in [1.54, 1.807) is 58.9 Å². The van der Waals surface area contributed by atoms with Crippen LogP contribution >= 0.6 is 0 Å². The highest BCUT2D eigenvalue weighted by atomic mass is 16.8. The van der Waals surface area contributed by atoms with Gasteiger partial charge in [0, 0.05) is 41.1 Å². The van der Waals surface area contributed by atoms with Gasteiger partial charge in [-0.3, -0.25) is 9.59 Å². The average molecular weight is 898 g/mol. The van der Waals surface area contributed by atoms with Crippen LogP contribution in [0, 0.1) is 35.5 Å². The van der Waals surface area contributed by atoms with Crippen molar-refractivity contribution in [2.75, 3.05) is 20.3 Å². The maximum atomic E-state index is 13.0. The Morgan fingerprint density at radius 3 is 1.78 bits per heavy atom.